The number of nitrogens with zero attached hydrogens (tertiary/aromatic N) is 1. The van der Waals surface area contributed by atoms with Crippen LogP contribution in [-0.2, 0) is 4.74 Å². The fourth-order valence-electron chi connectivity index (χ4n) is 2.23. The third kappa shape index (κ3) is 2.32. The second-order valence-electron chi connectivity index (χ2n) is 4.13. The van der Waals surface area contributed by atoms with Crippen LogP contribution in [0.25, 0.3) is 0 Å². The molecular weight excluding hydrogens is 162 g/mol. The van der Waals surface area contributed by atoms with Gasteiger partial charge in [-0.3, -0.25) is 4.90 Å². The highest BCUT2D eigenvalue weighted by atomic mass is 16.5. The molecule has 2 aliphatic rings. The molecule has 0 aromatic carbocycles. The normalized spacial score (nSPS) is 31.5. The van der Waals surface area contributed by atoms with Crippen LogP contribution in [0.1, 0.15) is 26.2 Å². The van der Waals surface area contributed by atoms with Crippen LogP contribution in [0.2, 0.25) is 0 Å². The third-order valence-electron chi connectivity index (χ3n) is 3.17. The molecule has 1 unspecified atom stereocenters. The van der Waals surface area contributed by atoms with E-state index < -0.39 is 0 Å². The largest absolute Gasteiger partial charge is 0.379 e. The van der Waals surface area contributed by atoms with Crippen LogP contribution < -0.4 is 0 Å². The zero-order chi connectivity index (χ0) is 9.10. The lowest BCUT2D eigenvalue weighted by Gasteiger charge is -2.35. The van der Waals surface area contributed by atoms with Gasteiger partial charge in [-0.05, 0) is 26.2 Å². The van der Waals surface area contributed by atoms with Crippen LogP contribution in [-0.4, -0.2) is 37.2 Å². The minimum atomic E-state index is 0.799. The molecule has 0 N–H and O–H groups in total. The quantitative estimate of drug-likeness (QED) is 0.572. The highest BCUT2D eigenvalue weighted by molar-refractivity contribution is 5.05. The van der Waals surface area contributed by atoms with Crippen LogP contribution in [0.3, 0.4) is 0 Å². The predicted octanol–water partition coefficient (Wildman–Crippen LogP) is 1.82. The molecule has 1 heterocycles. The van der Waals surface area contributed by atoms with E-state index in [9.17, 15) is 0 Å². The maximum atomic E-state index is 5.35. The van der Waals surface area contributed by atoms with E-state index >= 15 is 0 Å². The third-order valence-corrected chi connectivity index (χ3v) is 3.17. The van der Waals surface area contributed by atoms with Crippen molar-refractivity contribution < 1.29 is 4.74 Å². The smallest absolute Gasteiger partial charge is 0.0594 e. The Morgan fingerprint density at radius 3 is 2.77 bits per heavy atom. The van der Waals surface area contributed by atoms with Crippen molar-refractivity contribution in [1.29, 1.82) is 0 Å². The number of hydrogen-bond donors (Lipinski definition) is 0. The van der Waals surface area contributed by atoms with E-state index in [0.717, 1.165) is 32.3 Å². The zero-order valence-corrected chi connectivity index (χ0v) is 8.46. The first-order chi connectivity index (χ1) is 6.36. The molecule has 2 nitrogen and oxygen atoms in total. The van der Waals surface area contributed by atoms with Crippen LogP contribution in [0.4, 0.5) is 0 Å². The molecule has 0 saturated carbocycles. The monoisotopic (exact) mass is 181 g/mol. The Morgan fingerprint density at radius 1 is 1.38 bits per heavy atom. The number of morpholine rings is 1. The SMILES string of the molecule is CC1=CCC(N2CCOCC2)CC1. The van der Waals surface area contributed by atoms with Gasteiger partial charge in [0.25, 0.3) is 0 Å². The first kappa shape index (κ1) is 9.22. The van der Waals surface area contributed by atoms with E-state index in [2.05, 4.69) is 17.9 Å². The van der Waals surface area contributed by atoms with E-state index in [4.69, 9.17) is 4.74 Å². The summed E-state index contributed by atoms with van der Waals surface area (Å²) in [4.78, 5) is 2.59. The van der Waals surface area contributed by atoms with Gasteiger partial charge >= 0.3 is 0 Å². The Balaban J connectivity index is 1.86. The molecule has 1 fully saturated rings. The van der Waals surface area contributed by atoms with Crippen molar-refractivity contribution in [1.82, 2.24) is 4.90 Å². The van der Waals surface area contributed by atoms with Gasteiger partial charge < -0.3 is 4.74 Å². The zero-order valence-electron chi connectivity index (χ0n) is 8.46. The Morgan fingerprint density at radius 2 is 2.15 bits per heavy atom. The fraction of sp³-hybridized carbons (Fsp3) is 0.818. The number of rotatable bonds is 1. The minimum Gasteiger partial charge on any atom is -0.379 e. The van der Waals surface area contributed by atoms with Gasteiger partial charge in [-0.15, -0.1) is 0 Å². The average Bonchev–Trinajstić information content (AvgIpc) is 2.20. The first-order valence-corrected chi connectivity index (χ1v) is 5.33. The van der Waals surface area contributed by atoms with Crippen molar-refractivity contribution >= 4 is 0 Å². The molecule has 1 aliphatic carbocycles. The highest BCUT2D eigenvalue weighted by Crippen LogP contribution is 2.22. The second-order valence-corrected chi connectivity index (χ2v) is 4.13. The predicted molar refractivity (Wildman–Crippen MR) is 53.8 cm³/mol. The van der Waals surface area contributed by atoms with Gasteiger partial charge in [0.15, 0.2) is 0 Å². The van der Waals surface area contributed by atoms with Crippen LogP contribution >= 0.6 is 0 Å². The summed E-state index contributed by atoms with van der Waals surface area (Å²) < 4.78 is 5.35. The van der Waals surface area contributed by atoms with Gasteiger partial charge in [0.05, 0.1) is 13.2 Å². The van der Waals surface area contributed by atoms with E-state index in [1.165, 1.54) is 19.3 Å². The molecule has 2 heteroatoms. The highest BCUT2D eigenvalue weighted by Gasteiger charge is 2.21. The van der Waals surface area contributed by atoms with Crippen molar-refractivity contribution in [2.24, 2.45) is 0 Å². The molecule has 2 rings (SSSR count). The Kier molecular flexibility index (Phi) is 3.01. The molecule has 0 amide bonds. The molecule has 13 heavy (non-hydrogen) atoms. The molecule has 0 spiro atoms. The molecule has 1 aliphatic heterocycles. The molecule has 1 atom stereocenters. The lowest BCUT2D eigenvalue weighted by molar-refractivity contribution is 0.0145. The maximum absolute atomic E-state index is 5.35. The van der Waals surface area contributed by atoms with Crippen LogP contribution in [0.15, 0.2) is 11.6 Å². The number of allylic oxidation sites excluding steroid dienone is 1. The van der Waals surface area contributed by atoms with E-state index in [1.807, 2.05) is 0 Å². The van der Waals surface area contributed by atoms with Crippen LogP contribution in [0, 0.1) is 0 Å². The summed E-state index contributed by atoms with van der Waals surface area (Å²) in [5, 5.41) is 0. The summed E-state index contributed by atoms with van der Waals surface area (Å²) in [7, 11) is 0. The Hall–Kier alpha value is -0.340. The van der Waals surface area contributed by atoms with Crippen molar-refractivity contribution in [3.05, 3.63) is 11.6 Å². The van der Waals surface area contributed by atoms with E-state index in [-0.39, 0.29) is 0 Å². The van der Waals surface area contributed by atoms with Crippen LogP contribution in [0.5, 0.6) is 0 Å². The van der Waals surface area contributed by atoms with Gasteiger partial charge in [0.2, 0.25) is 0 Å². The van der Waals surface area contributed by atoms with E-state index in [1.54, 1.807) is 5.57 Å². The number of hydrogen-bond acceptors (Lipinski definition) is 2. The Labute approximate surface area is 80.6 Å². The average molecular weight is 181 g/mol. The standard InChI is InChI=1S/C11H19NO/c1-10-2-4-11(5-3-10)12-6-8-13-9-7-12/h2,11H,3-9H2,1H3. The topological polar surface area (TPSA) is 12.5 Å². The maximum Gasteiger partial charge on any atom is 0.0594 e. The van der Waals surface area contributed by atoms with Gasteiger partial charge in [-0.25, -0.2) is 0 Å². The van der Waals surface area contributed by atoms with Crippen molar-refractivity contribution in [2.45, 2.75) is 32.2 Å². The lowest BCUT2D eigenvalue weighted by Crippen LogP contribution is -2.43. The first-order valence-electron chi connectivity index (χ1n) is 5.33. The Bertz CT molecular complexity index is 194. The summed E-state index contributed by atoms with van der Waals surface area (Å²) in [5.74, 6) is 0. The summed E-state index contributed by atoms with van der Waals surface area (Å²) in [6.07, 6.45) is 6.31. The van der Waals surface area contributed by atoms with Gasteiger partial charge in [0.1, 0.15) is 0 Å². The molecule has 0 aromatic heterocycles. The fourth-order valence-corrected chi connectivity index (χ4v) is 2.23. The van der Waals surface area contributed by atoms with Crippen molar-refractivity contribution in [2.75, 3.05) is 26.3 Å². The summed E-state index contributed by atoms with van der Waals surface area (Å²) in [6, 6.07) is 0.799. The second kappa shape index (κ2) is 4.25. The summed E-state index contributed by atoms with van der Waals surface area (Å²) >= 11 is 0. The number of ether oxygens (including phenoxy) is 1. The molecule has 74 valence electrons. The van der Waals surface area contributed by atoms with Crippen molar-refractivity contribution in [3.8, 4) is 0 Å². The van der Waals surface area contributed by atoms with Gasteiger partial charge in [-0.1, -0.05) is 11.6 Å². The molecule has 0 aromatic rings. The summed E-state index contributed by atoms with van der Waals surface area (Å²) in [6.45, 7) is 6.38. The molecule has 1 saturated heterocycles. The van der Waals surface area contributed by atoms with E-state index in [0.29, 0.717) is 0 Å². The van der Waals surface area contributed by atoms with Gasteiger partial charge in [0, 0.05) is 19.1 Å². The van der Waals surface area contributed by atoms with Crippen molar-refractivity contribution in [3.63, 3.8) is 0 Å². The van der Waals surface area contributed by atoms with Gasteiger partial charge in [-0.2, -0.15) is 0 Å². The minimum absolute atomic E-state index is 0.799. The molecular formula is C11H19NO. The molecule has 0 radical (unpaired) electrons. The summed E-state index contributed by atoms with van der Waals surface area (Å²) in [5.41, 5.74) is 1.57. The molecule has 0 bridgehead atoms. The lowest BCUT2D eigenvalue weighted by atomic mass is 9.95.